The van der Waals surface area contributed by atoms with Crippen LogP contribution in [0.2, 0.25) is 0 Å². The summed E-state index contributed by atoms with van der Waals surface area (Å²) < 4.78 is 1.69. The number of hydrogen-bond donors (Lipinski definition) is 1. The van der Waals surface area contributed by atoms with Crippen molar-refractivity contribution in [3.8, 4) is 0 Å². The minimum atomic E-state index is -0.816. The molecule has 0 radical (unpaired) electrons. The zero-order valence-electron chi connectivity index (χ0n) is 8.86. The maximum Gasteiger partial charge on any atom is 0.332 e. The quantitative estimate of drug-likeness (QED) is 0.828. The van der Waals surface area contributed by atoms with Gasteiger partial charge in [-0.1, -0.05) is 0 Å². The maximum atomic E-state index is 11.4. The highest BCUT2D eigenvalue weighted by Gasteiger charge is 2.45. The van der Waals surface area contributed by atoms with E-state index in [1.165, 1.54) is 0 Å². The van der Waals surface area contributed by atoms with Gasteiger partial charge >= 0.3 is 5.97 Å². The van der Waals surface area contributed by atoms with Crippen molar-refractivity contribution >= 4 is 17.7 Å². The summed E-state index contributed by atoms with van der Waals surface area (Å²) in [6.45, 7) is 3.80. The second kappa shape index (κ2) is 3.56. The molecule has 2 rings (SSSR count). The Morgan fingerprint density at radius 2 is 2.40 bits per heavy atom. The van der Waals surface area contributed by atoms with E-state index in [2.05, 4.69) is 5.10 Å². The molecule has 4 nitrogen and oxygen atoms in total. The van der Waals surface area contributed by atoms with Crippen LogP contribution in [0.3, 0.4) is 0 Å². The van der Waals surface area contributed by atoms with Crippen molar-refractivity contribution in [1.82, 2.24) is 9.78 Å². The van der Waals surface area contributed by atoms with Gasteiger partial charge in [-0.15, -0.1) is 0 Å². The van der Waals surface area contributed by atoms with Crippen LogP contribution < -0.4 is 0 Å². The van der Waals surface area contributed by atoms with Gasteiger partial charge in [0.2, 0.25) is 0 Å². The largest absolute Gasteiger partial charge is 0.479 e. The van der Waals surface area contributed by atoms with Gasteiger partial charge in [-0.25, -0.2) is 4.79 Å². The Labute approximate surface area is 92.7 Å². The van der Waals surface area contributed by atoms with E-state index in [4.69, 9.17) is 0 Å². The van der Waals surface area contributed by atoms with Crippen molar-refractivity contribution in [3.05, 3.63) is 17.5 Å². The van der Waals surface area contributed by atoms with Crippen LogP contribution >= 0.6 is 11.8 Å². The molecule has 1 atom stereocenters. The second-order valence-electron chi connectivity index (χ2n) is 3.98. The van der Waals surface area contributed by atoms with Gasteiger partial charge in [0.05, 0.1) is 5.69 Å². The number of carboxylic acid groups (broad SMARTS) is 1. The molecule has 0 saturated carbocycles. The molecule has 0 bridgehead atoms. The number of aromatic nitrogens is 2. The van der Waals surface area contributed by atoms with E-state index in [-0.39, 0.29) is 0 Å². The number of nitrogens with zero attached hydrogens (tertiary/aromatic N) is 2. The number of carboxylic acids is 1. The fourth-order valence-corrected chi connectivity index (χ4v) is 3.40. The van der Waals surface area contributed by atoms with Crippen molar-refractivity contribution in [1.29, 1.82) is 0 Å². The monoisotopic (exact) mass is 226 g/mol. The summed E-state index contributed by atoms with van der Waals surface area (Å²) in [6.07, 6.45) is 0.662. The molecule has 5 heteroatoms. The van der Waals surface area contributed by atoms with E-state index < -0.39 is 11.5 Å². The van der Waals surface area contributed by atoms with E-state index in [9.17, 15) is 9.90 Å². The van der Waals surface area contributed by atoms with Crippen LogP contribution in [0.1, 0.15) is 17.8 Å². The van der Waals surface area contributed by atoms with Gasteiger partial charge in [0.1, 0.15) is 0 Å². The molecule has 1 saturated heterocycles. The number of thioether (sulfide) groups is 1. The molecule has 0 aliphatic carbocycles. The summed E-state index contributed by atoms with van der Waals surface area (Å²) in [5.41, 5.74) is 0.991. The lowest BCUT2D eigenvalue weighted by atomic mass is 9.99. The van der Waals surface area contributed by atoms with Crippen LogP contribution in [0.4, 0.5) is 0 Å². The SMILES string of the molecule is Cc1cc(C)n(C2(C(=O)O)CCSC2)n1. The molecule has 1 fully saturated rings. The molecular formula is C10H14N2O2S. The molecular weight excluding hydrogens is 212 g/mol. The van der Waals surface area contributed by atoms with E-state index in [0.717, 1.165) is 17.1 Å². The van der Waals surface area contributed by atoms with Crippen LogP contribution in [0.25, 0.3) is 0 Å². The maximum absolute atomic E-state index is 11.4. The summed E-state index contributed by atoms with van der Waals surface area (Å²) in [5.74, 6) is 0.744. The highest BCUT2D eigenvalue weighted by molar-refractivity contribution is 7.99. The van der Waals surface area contributed by atoms with E-state index >= 15 is 0 Å². The summed E-state index contributed by atoms with van der Waals surface area (Å²) >= 11 is 1.68. The van der Waals surface area contributed by atoms with Gasteiger partial charge in [-0.2, -0.15) is 16.9 Å². The third-order valence-electron chi connectivity index (χ3n) is 2.81. The fourth-order valence-electron chi connectivity index (χ4n) is 2.04. The molecule has 0 spiro atoms. The number of carbonyl (C=O) groups is 1. The first kappa shape index (κ1) is 10.5. The van der Waals surface area contributed by atoms with Crippen molar-refractivity contribution in [2.24, 2.45) is 0 Å². The Morgan fingerprint density at radius 3 is 2.80 bits per heavy atom. The number of hydrogen-bond acceptors (Lipinski definition) is 3. The summed E-state index contributed by atoms with van der Waals surface area (Å²) in [6, 6.07) is 1.92. The standard InChI is InChI=1S/C10H14N2O2S/c1-7-5-8(2)12(11-7)10(9(13)14)3-4-15-6-10/h5H,3-4,6H2,1-2H3,(H,13,14). The van der Waals surface area contributed by atoms with Crippen LogP contribution in [0.15, 0.2) is 6.07 Å². The van der Waals surface area contributed by atoms with Crippen LogP contribution in [-0.4, -0.2) is 32.4 Å². The Balaban J connectivity index is 2.49. The van der Waals surface area contributed by atoms with Gasteiger partial charge in [0.25, 0.3) is 0 Å². The van der Waals surface area contributed by atoms with E-state index in [1.54, 1.807) is 16.4 Å². The van der Waals surface area contributed by atoms with Crippen LogP contribution in [-0.2, 0) is 10.3 Å². The van der Waals surface area contributed by atoms with Gasteiger partial charge in [-0.3, -0.25) is 4.68 Å². The number of aliphatic carboxylic acids is 1. The van der Waals surface area contributed by atoms with Crippen LogP contribution in [0, 0.1) is 13.8 Å². The first-order valence-corrected chi connectivity index (χ1v) is 6.07. The second-order valence-corrected chi connectivity index (χ2v) is 5.08. The lowest BCUT2D eigenvalue weighted by Gasteiger charge is -2.25. The molecule has 1 aliphatic rings. The molecule has 1 unspecified atom stereocenters. The molecule has 15 heavy (non-hydrogen) atoms. The molecule has 1 aromatic rings. The predicted molar refractivity (Wildman–Crippen MR) is 59.3 cm³/mol. The molecule has 1 N–H and O–H groups in total. The smallest absolute Gasteiger partial charge is 0.332 e. The molecule has 1 aliphatic heterocycles. The normalized spacial score (nSPS) is 25.7. The molecule has 82 valence electrons. The third kappa shape index (κ3) is 1.55. The minimum absolute atomic E-state index is 0.615. The van der Waals surface area contributed by atoms with Gasteiger partial charge in [-0.05, 0) is 32.1 Å². The number of aryl methyl sites for hydroxylation is 2. The Kier molecular flexibility index (Phi) is 2.50. The Morgan fingerprint density at radius 1 is 1.67 bits per heavy atom. The van der Waals surface area contributed by atoms with E-state index in [1.807, 2.05) is 19.9 Å². The summed E-state index contributed by atoms with van der Waals surface area (Å²) in [7, 11) is 0. The average molecular weight is 226 g/mol. The summed E-state index contributed by atoms with van der Waals surface area (Å²) in [5, 5.41) is 13.7. The lowest BCUT2D eigenvalue weighted by molar-refractivity contribution is -0.146. The zero-order valence-corrected chi connectivity index (χ0v) is 9.67. The first-order valence-electron chi connectivity index (χ1n) is 4.91. The molecule has 2 heterocycles. The van der Waals surface area contributed by atoms with Gasteiger partial charge < -0.3 is 5.11 Å². The fraction of sp³-hybridized carbons (Fsp3) is 0.600. The first-order chi connectivity index (χ1) is 7.06. The highest BCUT2D eigenvalue weighted by atomic mass is 32.2. The summed E-state index contributed by atoms with van der Waals surface area (Å²) in [4.78, 5) is 11.4. The Bertz CT molecular complexity index is 394. The van der Waals surface area contributed by atoms with Gasteiger partial charge in [0.15, 0.2) is 5.54 Å². The van der Waals surface area contributed by atoms with Crippen molar-refractivity contribution in [3.63, 3.8) is 0 Å². The third-order valence-corrected chi connectivity index (χ3v) is 3.99. The van der Waals surface area contributed by atoms with Crippen molar-refractivity contribution in [2.75, 3.05) is 11.5 Å². The average Bonchev–Trinajstić information content (AvgIpc) is 2.72. The molecule has 1 aromatic heterocycles. The van der Waals surface area contributed by atoms with Crippen molar-refractivity contribution < 1.29 is 9.90 Å². The highest BCUT2D eigenvalue weighted by Crippen LogP contribution is 2.35. The topological polar surface area (TPSA) is 55.1 Å². The Hall–Kier alpha value is -0.970. The lowest BCUT2D eigenvalue weighted by Crippen LogP contribution is -2.43. The van der Waals surface area contributed by atoms with Crippen LogP contribution in [0.5, 0.6) is 0 Å². The van der Waals surface area contributed by atoms with E-state index in [0.29, 0.717) is 12.2 Å². The molecule has 0 amide bonds. The zero-order chi connectivity index (χ0) is 11.1. The number of rotatable bonds is 2. The van der Waals surface area contributed by atoms with Gasteiger partial charge in [0, 0.05) is 11.4 Å². The predicted octanol–water partition coefficient (Wildman–Crippen LogP) is 1.42. The minimum Gasteiger partial charge on any atom is -0.479 e. The molecule has 0 aromatic carbocycles. The van der Waals surface area contributed by atoms with Crippen molar-refractivity contribution in [2.45, 2.75) is 25.8 Å².